The molecule has 0 saturated carbocycles. The minimum absolute atomic E-state index is 0.0246. The van der Waals surface area contributed by atoms with E-state index < -0.39 is 22.8 Å². The topological polar surface area (TPSA) is 92.9 Å². The van der Waals surface area contributed by atoms with Gasteiger partial charge in [-0.05, 0) is 0 Å². The first-order valence-electron chi connectivity index (χ1n) is 5.38. The number of nitrogen functional groups attached to an aromatic ring is 1. The lowest BCUT2D eigenvalue weighted by Crippen LogP contribution is -2.18. The average molecular weight is 297 g/mol. The molecule has 0 aliphatic heterocycles. The second kappa shape index (κ2) is 6.66. The van der Waals surface area contributed by atoms with Crippen molar-refractivity contribution < 1.29 is 17.4 Å². The summed E-state index contributed by atoms with van der Waals surface area (Å²) in [6.07, 6.45) is -4.66. The van der Waals surface area contributed by atoms with Crippen molar-refractivity contribution in [3.8, 4) is 0 Å². The first-order valence-corrected chi connectivity index (χ1v) is 6.87. The predicted octanol–water partition coefficient (Wildman–Crippen LogP) is 0.962. The Balaban J connectivity index is 2.80. The molecular formula is C9H14F3N5OS. The number of nitrogens with two attached hydrogens (primary N) is 1. The first kappa shape index (κ1) is 15.6. The van der Waals surface area contributed by atoms with E-state index in [1.54, 1.807) is 6.92 Å². The molecule has 0 fully saturated rings. The molecule has 0 aliphatic carbocycles. The molecule has 108 valence electrons. The van der Waals surface area contributed by atoms with Gasteiger partial charge in [-0.25, -0.2) is 15.8 Å². The van der Waals surface area contributed by atoms with Crippen LogP contribution in [0.5, 0.6) is 0 Å². The Labute approximate surface area is 110 Å². The van der Waals surface area contributed by atoms with Gasteiger partial charge in [-0.3, -0.25) is 4.21 Å². The summed E-state index contributed by atoms with van der Waals surface area (Å²) >= 11 is 0. The van der Waals surface area contributed by atoms with E-state index in [1.807, 2.05) is 5.43 Å². The largest absolute Gasteiger partial charge is 0.451 e. The molecule has 0 aromatic carbocycles. The lowest BCUT2D eigenvalue weighted by atomic mass is 10.4. The number of hydrazine groups is 1. The fraction of sp³-hybridized carbons (Fsp3) is 0.556. The molecule has 6 nitrogen and oxygen atoms in total. The van der Waals surface area contributed by atoms with Crippen molar-refractivity contribution in [1.29, 1.82) is 0 Å². The molecule has 19 heavy (non-hydrogen) atoms. The van der Waals surface area contributed by atoms with Crippen molar-refractivity contribution in [3.63, 3.8) is 0 Å². The highest BCUT2D eigenvalue weighted by molar-refractivity contribution is 7.84. The highest BCUT2D eigenvalue weighted by Gasteiger charge is 2.35. The summed E-state index contributed by atoms with van der Waals surface area (Å²) < 4.78 is 48.7. The van der Waals surface area contributed by atoms with Crippen LogP contribution in [-0.2, 0) is 17.0 Å². The van der Waals surface area contributed by atoms with Gasteiger partial charge >= 0.3 is 6.18 Å². The number of nitrogens with one attached hydrogen (secondary N) is 2. The van der Waals surface area contributed by atoms with E-state index in [2.05, 4.69) is 15.3 Å². The average Bonchev–Trinajstić information content (AvgIpc) is 2.37. The second-order valence-corrected chi connectivity index (χ2v) is 5.33. The van der Waals surface area contributed by atoms with Gasteiger partial charge in [-0.2, -0.15) is 13.2 Å². The SMILES string of the molecule is CCS(=O)CCNc1cc(NN)nc(C(F)(F)F)n1. The van der Waals surface area contributed by atoms with Crippen molar-refractivity contribution in [1.82, 2.24) is 9.97 Å². The van der Waals surface area contributed by atoms with Crippen LogP contribution in [0.25, 0.3) is 0 Å². The molecule has 0 radical (unpaired) electrons. The fourth-order valence-corrected chi connectivity index (χ4v) is 1.79. The van der Waals surface area contributed by atoms with E-state index in [-0.39, 0.29) is 18.2 Å². The molecule has 1 unspecified atom stereocenters. The van der Waals surface area contributed by atoms with Gasteiger partial charge in [-0.1, -0.05) is 6.92 Å². The third kappa shape index (κ3) is 4.99. The summed E-state index contributed by atoms with van der Waals surface area (Å²) in [5.41, 5.74) is 2.04. The molecular weight excluding hydrogens is 283 g/mol. The predicted molar refractivity (Wildman–Crippen MR) is 66.9 cm³/mol. The molecule has 4 N–H and O–H groups in total. The number of hydrogen-bond acceptors (Lipinski definition) is 6. The Morgan fingerprint density at radius 1 is 1.37 bits per heavy atom. The van der Waals surface area contributed by atoms with E-state index in [0.29, 0.717) is 11.5 Å². The highest BCUT2D eigenvalue weighted by Crippen LogP contribution is 2.28. The van der Waals surface area contributed by atoms with Gasteiger partial charge in [0.15, 0.2) is 0 Å². The molecule has 10 heteroatoms. The lowest BCUT2D eigenvalue weighted by molar-refractivity contribution is -0.144. The molecule has 1 aromatic rings. The van der Waals surface area contributed by atoms with Crippen molar-refractivity contribution in [3.05, 3.63) is 11.9 Å². The third-order valence-corrected chi connectivity index (χ3v) is 3.39. The Hall–Kier alpha value is -1.42. The summed E-state index contributed by atoms with van der Waals surface area (Å²) in [6, 6.07) is 1.24. The van der Waals surface area contributed by atoms with E-state index in [1.165, 1.54) is 6.07 Å². The lowest BCUT2D eigenvalue weighted by Gasteiger charge is -2.11. The van der Waals surface area contributed by atoms with Crippen LogP contribution < -0.4 is 16.6 Å². The molecule has 1 heterocycles. The van der Waals surface area contributed by atoms with Crippen LogP contribution in [0.3, 0.4) is 0 Å². The summed E-state index contributed by atoms with van der Waals surface area (Å²) in [5.74, 6) is 4.40. The molecule has 1 atom stereocenters. The van der Waals surface area contributed by atoms with Gasteiger partial charge < -0.3 is 10.7 Å². The number of alkyl halides is 3. The monoisotopic (exact) mass is 297 g/mol. The maximum absolute atomic E-state index is 12.5. The number of hydrogen-bond donors (Lipinski definition) is 3. The number of anilines is 2. The molecule has 0 spiro atoms. The Morgan fingerprint density at radius 2 is 2.00 bits per heavy atom. The highest BCUT2D eigenvalue weighted by atomic mass is 32.2. The number of aromatic nitrogens is 2. The van der Waals surface area contributed by atoms with E-state index in [9.17, 15) is 17.4 Å². The van der Waals surface area contributed by atoms with Crippen LogP contribution in [-0.4, -0.2) is 32.2 Å². The Morgan fingerprint density at radius 3 is 2.53 bits per heavy atom. The summed E-state index contributed by atoms with van der Waals surface area (Å²) in [7, 11) is -0.999. The van der Waals surface area contributed by atoms with Crippen molar-refractivity contribution in [2.24, 2.45) is 5.84 Å². The summed E-state index contributed by atoms with van der Waals surface area (Å²) in [5, 5.41) is 2.66. The van der Waals surface area contributed by atoms with Gasteiger partial charge in [-0.15, -0.1) is 0 Å². The van der Waals surface area contributed by atoms with Crippen LogP contribution >= 0.6 is 0 Å². The quantitative estimate of drug-likeness (QED) is 0.535. The van der Waals surface area contributed by atoms with Crippen LogP contribution in [0.2, 0.25) is 0 Å². The van der Waals surface area contributed by atoms with Crippen molar-refractivity contribution in [2.75, 3.05) is 28.8 Å². The van der Waals surface area contributed by atoms with E-state index >= 15 is 0 Å². The van der Waals surface area contributed by atoms with Gasteiger partial charge in [0.25, 0.3) is 0 Å². The maximum atomic E-state index is 12.5. The van der Waals surface area contributed by atoms with Gasteiger partial charge in [0.1, 0.15) is 11.6 Å². The normalized spacial score (nSPS) is 13.1. The molecule has 0 amide bonds. The van der Waals surface area contributed by atoms with Crippen LogP contribution in [0.15, 0.2) is 6.07 Å². The number of rotatable bonds is 6. The number of nitrogens with zero attached hydrogens (tertiary/aromatic N) is 2. The van der Waals surface area contributed by atoms with E-state index in [4.69, 9.17) is 5.84 Å². The smallest absolute Gasteiger partial charge is 0.369 e. The summed E-state index contributed by atoms with van der Waals surface area (Å²) in [6.45, 7) is 2.01. The Bertz CT molecular complexity index is 454. The minimum Gasteiger partial charge on any atom is -0.369 e. The zero-order valence-corrected chi connectivity index (χ0v) is 10.9. The Kier molecular flexibility index (Phi) is 5.48. The van der Waals surface area contributed by atoms with Crippen LogP contribution in [0.1, 0.15) is 12.7 Å². The zero-order chi connectivity index (χ0) is 14.5. The maximum Gasteiger partial charge on any atom is 0.451 e. The summed E-state index contributed by atoms with van der Waals surface area (Å²) in [4.78, 5) is 6.54. The molecule has 1 aromatic heterocycles. The third-order valence-electron chi connectivity index (χ3n) is 2.09. The van der Waals surface area contributed by atoms with Gasteiger partial charge in [0, 0.05) is 34.9 Å². The molecule has 0 saturated heterocycles. The zero-order valence-electron chi connectivity index (χ0n) is 10.1. The molecule has 0 aliphatic rings. The van der Waals surface area contributed by atoms with Crippen LogP contribution in [0, 0.1) is 0 Å². The standard InChI is InChI=1S/C9H14F3N5OS/c1-2-19(18)4-3-14-6-5-7(17-13)16-8(15-6)9(10,11)12/h5H,2-4,13H2,1H3,(H2,14,15,16,17). The van der Waals surface area contributed by atoms with E-state index in [0.717, 1.165) is 0 Å². The first-order chi connectivity index (χ1) is 8.86. The van der Waals surface area contributed by atoms with Crippen molar-refractivity contribution >= 4 is 22.4 Å². The minimum atomic E-state index is -4.66. The van der Waals surface area contributed by atoms with Crippen molar-refractivity contribution in [2.45, 2.75) is 13.1 Å². The van der Waals surface area contributed by atoms with Gasteiger partial charge in [0.2, 0.25) is 5.82 Å². The van der Waals surface area contributed by atoms with Gasteiger partial charge in [0.05, 0.1) is 0 Å². The number of halogens is 3. The van der Waals surface area contributed by atoms with Crippen LogP contribution in [0.4, 0.5) is 24.8 Å². The molecule has 0 bridgehead atoms. The molecule has 1 rings (SSSR count). The fourth-order valence-electron chi connectivity index (χ4n) is 1.18. The second-order valence-electron chi connectivity index (χ2n) is 3.46.